The maximum absolute atomic E-state index is 13.6. The van der Waals surface area contributed by atoms with E-state index >= 15 is 0 Å². The van der Waals surface area contributed by atoms with Crippen LogP contribution in [0.1, 0.15) is 43.1 Å². The zero-order valence-corrected chi connectivity index (χ0v) is 22.8. The van der Waals surface area contributed by atoms with Gasteiger partial charge in [-0.15, -0.1) is 0 Å². The molecular formula is C30H25BrClN3O2. The van der Waals surface area contributed by atoms with Gasteiger partial charge in [-0.25, -0.2) is 4.98 Å². The number of hydrogen-bond acceptors (Lipinski definition) is 4. The SMILES string of the molecule is CC[C@@H](C)c1nc2ccc(Br)cc2c(=O)n1N=Cc1c(OCc2ccccc2Cl)ccc2ccccc12. The molecule has 5 nitrogen and oxygen atoms in total. The van der Waals surface area contributed by atoms with E-state index in [4.69, 9.17) is 26.4 Å². The van der Waals surface area contributed by atoms with Gasteiger partial charge in [-0.1, -0.05) is 89.9 Å². The van der Waals surface area contributed by atoms with E-state index in [0.717, 1.165) is 32.8 Å². The van der Waals surface area contributed by atoms with Gasteiger partial charge in [0.1, 0.15) is 18.2 Å². The molecule has 0 aliphatic carbocycles. The molecule has 5 rings (SSSR count). The second-order valence-electron chi connectivity index (χ2n) is 8.88. The summed E-state index contributed by atoms with van der Waals surface area (Å²) in [5, 5.41) is 7.87. The monoisotopic (exact) mass is 573 g/mol. The Morgan fingerprint density at radius 3 is 2.65 bits per heavy atom. The van der Waals surface area contributed by atoms with Crippen LogP contribution in [0.15, 0.2) is 93.2 Å². The summed E-state index contributed by atoms with van der Waals surface area (Å²) in [5.41, 5.74) is 2.11. The van der Waals surface area contributed by atoms with Crippen molar-refractivity contribution in [3.63, 3.8) is 0 Å². The molecule has 186 valence electrons. The van der Waals surface area contributed by atoms with E-state index in [2.05, 4.69) is 29.8 Å². The maximum atomic E-state index is 13.6. The van der Waals surface area contributed by atoms with Crippen molar-refractivity contribution in [1.29, 1.82) is 0 Å². The summed E-state index contributed by atoms with van der Waals surface area (Å²) in [4.78, 5) is 18.4. The quantitative estimate of drug-likeness (QED) is 0.185. The zero-order valence-electron chi connectivity index (χ0n) is 20.5. The summed E-state index contributed by atoms with van der Waals surface area (Å²) < 4.78 is 8.46. The zero-order chi connectivity index (χ0) is 25.9. The van der Waals surface area contributed by atoms with E-state index in [0.29, 0.717) is 34.1 Å². The highest BCUT2D eigenvalue weighted by Crippen LogP contribution is 2.29. The lowest BCUT2D eigenvalue weighted by Crippen LogP contribution is -2.23. The summed E-state index contributed by atoms with van der Waals surface area (Å²) in [6.07, 6.45) is 2.52. The third-order valence-corrected chi connectivity index (χ3v) is 7.32. The van der Waals surface area contributed by atoms with Crippen molar-refractivity contribution < 1.29 is 4.74 Å². The molecule has 0 aliphatic heterocycles. The highest BCUT2D eigenvalue weighted by atomic mass is 79.9. The van der Waals surface area contributed by atoms with Crippen LogP contribution in [0.2, 0.25) is 5.02 Å². The standard InChI is InChI=1S/C30H25BrClN3O2/c1-3-19(2)29-34-27-14-13-22(31)16-24(27)30(36)35(29)33-17-25-23-10-6-4-8-20(23)12-15-28(25)37-18-21-9-5-7-11-26(21)32/h4-17,19H,3,18H2,1-2H3/t19-/m1/s1. The van der Waals surface area contributed by atoms with E-state index < -0.39 is 0 Å². The number of hydrogen-bond donors (Lipinski definition) is 0. The fourth-order valence-electron chi connectivity index (χ4n) is 4.20. The lowest BCUT2D eigenvalue weighted by molar-refractivity contribution is 0.306. The minimum atomic E-state index is -0.211. The molecule has 0 fully saturated rings. The third-order valence-electron chi connectivity index (χ3n) is 6.46. The van der Waals surface area contributed by atoms with E-state index in [9.17, 15) is 4.79 Å². The van der Waals surface area contributed by atoms with Crippen LogP contribution in [0.25, 0.3) is 21.7 Å². The number of benzene rings is 4. The Morgan fingerprint density at radius 1 is 1.05 bits per heavy atom. The fourth-order valence-corrected chi connectivity index (χ4v) is 4.75. The molecule has 0 saturated heterocycles. The van der Waals surface area contributed by atoms with Crippen molar-refractivity contribution in [2.24, 2.45) is 5.10 Å². The predicted molar refractivity (Wildman–Crippen MR) is 155 cm³/mol. The molecule has 0 N–H and O–H groups in total. The topological polar surface area (TPSA) is 56.5 Å². The number of fused-ring (bicyclic) bond motifs is 2. The molecule has 0 saturated carbocycles. The molecular weight excluding hydrogens is 550 g/mol. The van der Waals surface area contributed by atoms with Gasteiger partial charge in [-0.05, 0) is 47.5 Å². The summed E-state index contributed by atoms with van der Waals surface area (Å²) in [6.45, 7) is 4.43. The van der Waals surface area contributed by atoms with Crippen LogP contribution in [0.5, 0.6) is 5.75 Å². The van der Waals surface area contributed by atoms with Gasteiger partial charge in [0.05, 0.1) is 17.1 Å². The number of rotatable bonds is 7. The molecule has 1 aromatic heterocycles. The van der Waals surface area contributed by atoms with Crippen LogP contribution < -0.4 is 10.3 Å². The molecule has 0 bridgehead atoms. The van der Waals surface area contributed by atoms with Gasteiger partial charge in [0.2, 0.25) is 0 Å². The summed E-state index contributed by atoms with van der Waals surface area (Å²) in [7, 11) is 0. The van der Waals surface area contributed by atoms with Crippen molar-refractivity contribution in [3.05, 3.63) is 116 Å². The lowest BCUT2D eigenvalue weighted by atomic mass is 10.0. The first-order valence-corrected chi connectivity index (χ1v) is 13.3. The average molecular weight is 575 g/mol. The second-order valence-corrected chi connectivity index (χ2v) is 10.2. The average Bonchev–Trinajstić information content (AvgIpc) is 2.92. The Bertz CT molecular complexity index is 1700. The smallest absolute Gasteiger partial charge is 0.282 e. The molecule has 0 unspecified atom stereocenters. The summed E-state index contributed by atoms with van der Waals surface area (Å²) >= 11 is 9.81. The lowest BCUT2D eigenvalue weighted by Gasteiger charge is -2.15. The van der Waals surface area contributed by atoms with Crippen molar-refractivity contribution in [1.82, 2.24) is 9.66 Å². The van der Waals surface area contributed by atoms with Gasteiger partial charge < -0.3 is 4.74 Å². The van der Waals surface area contributed by atoms with Crippen molar-refractivity contribution in [2.45, 2.75) is 32.8 Å². The van der Waals surface area contributed by atoms with E-state index in [-0.39, 0.29) is 11.5 Å². The summed E-state index contributed by atoms with van der Waals surface area (Å²) in [6, 6.07) is 25.1. The molecule has 0 radical (unpaired) electrons. The van der Waals surface area contributed by atoms with Crippen molar-refractivity contribution >= 4 is 55.4 Å². The Balaban J connectivity index is 1.64. The minimum absolute atomic E-state index is 0.0429. The highest BCUT2D eigenvalue weighted by Gasteiger charge is 2.16. The van der Waals surface area contributed by atoms with Gasteiger partial charge in [-0.2, -0.15) is 9.78 Å². The number of ether oxygens (including phenoxy) is 1. The molecule has 1 atom stereocenters. The van der Waals surface area contributed by atoms with E-state index in [1.165, 1.54) is 4.68 Å². The van der Waals surface area contributed by atoms with Gasteiger partial charge in [0, 0.05) is 26.5 Å². The van der Waals surface area contributed by atoms with Crippen LogP contribution in [0.3, 0.4) is 0 Å². The molecule has 4 aromatic carbocycles. The third kappa shape index (κ3) is 5.17. The maximum Gasteiger partial charge on any atom is 0.282 e. The predicted octanol–water partition coefficient (Wildman–Crippen LogP) is 7.94. The molecule has 7 heteroatoms. The number of nitrogens with zero attached hydrogens (tertiary/aromatic N) is 3. The van der Waals surface area contributed by atoms with Crippen LogP contribution in [-0.2, 0) is 6.61 Å². The number of aromatic nitrogens is 2. The molecule has 0 aliphatic rings. The Hall–Kier alpha value is -3.48. The van der Waals surface area contributed by atoms with Gasteiger partial charge in [-0.3, -0.25) is 4.79 Å². The normalized spacial score (nSPS) is 12.4. The minimum Gasteiger partial charge on any atom is -0.488 e. The van der Waals surface area contributed by atoms with Crippen LogP contribution in [0.4, 0.5) is 0 Å². The first kappa shape index (κ1) is 25.2. The molecule has 37 heavy (non-hydrogen) atoms. The van der Waals surface area contributed by atoms with Crippen LogP contribution in [-0.4, -0.2) is 15.9 Å². The highest BCUT2D eigenvalue weighted by molar-refractivity contribution is 9.10. The van der Waals surface area contributed by atoms with Crippen molar-refractivity contribution in [2.75, 3.05) is 0 Å². The largest absolute Gasteiger partial charge is 0.488 e. The van der Waals surface area contributed by atoms with Gasteiger partial charge in [0.15, 0.2) is 0 Å². The van der Waals surface area contributed by atoms with Gasteiger partial charge in [0.25, 0.3) is 5.56 Å². The molecule has 5 aromatic rings. The first-order valence-electron chi connectivity index (χ1n) is 12.1. The fraction of sp³-hybridized carbons (Fsp3) is 0.167. The van der Waals surface area contributed by atoms with E-state index in [1.54, 1.807) is 12.3 Å². The molecule has 0 amide bonds. The Morgan fingerprint density at radius 2 is 1.84 bits per heavy atom. The van der Waals surface area contributed by atoms with Crippen LogP contribution in [0, 0.1) is 0 Å². The van der Waals surface area contributed by atoms with E-state index in [1.807, 2.05) is 72.8 Å². The summed E-state index contributed by atoms with van der Waals surface area (Å²) in [5.74, 6) is 1.32. The van der Waals surface area contributed by atoms with Gasteiger partial charge >= 0.3 is 0 Å². The van der Waals surface area contributed by atoms with Crippen LogP contribution >= 0.6 is 27.5 Å². The molecule has 1 heterocycles. The second kappa shape index (κ2) is 10.9. The molecule has 0 spiro atoms. The Kier molecular flexibility index (Phi) is 7.40. The number of halogens is 2. The Labute approximate surface area is 228 Å². The van der Waals surface area contributed by atoms with Crippen molar-refractivity contribution in [3.8, 4) is 5.75 Å². The first-order chi connectivity index (χ1) is 18.0.